The first kappa shape index (κ1) is 20.5. The maximum atomic E-state index is 11.9. The lowest BCUT2D eigenvalue weighted by Crippen LogP contribution is -2.26. The third-order valence-electron chi connectivity index (χ3n) is 4.74. The molecule has 29 heavy (non-hydrogen) atoms. The highest BCUT2D eigenvalue weighted by Crippen LogP contribution is 2.30. The Morgan fingerprint density at radius 1 is 1.21 bits per heavy atom. The molecule has 1 aliphatic heterocycles. The number of carbonyl (C=O) groups excluding carboxylic acids is 1. The molecule has 1 heterocycles. The van der Waals surface area contributed by atoms with Crippen LogP contribution in [0.1, 0.15) is 29.7 Å². The predicted molar refractivity (Wildman–Crippen MR) is 110 cm³/mol. The van der Waals surface area contributed by atoms with Crippen LogP contribution in [-0.2, 0) is 22.5 Å². The Morgan fingerprint density at radius 3 is 2.83 bits per heavy atom. The van der Waals surface area contributed by atoms with E-state index in [1.54, 1.807) is 14.2 Å². The molecule has 1 unspecified atom stereocenters. The number of rotatable bonds is 9. The number of methoxy groups -OCH3 is 2. The molecule has 1 atom stereocenters. The molecule has 154 valence electrons. The van der Waals surface area contributed by atoms with Gasteiger partial charge in [-0.2, -0.15) is 0 Å². The van der Waals surface area contributed by atoms with Gasteiger partial charge in [-0.3, -0.25) is 4.79 Å². The van der Waals surface area contributed by atoms with Crippen LogP contribution in [0.5, 0.6) is 17.2 Å². The number of nitrogens with one attached hydrogen (secondary N) is 1. The summed E-state index contributed by atoms with van der Waals surface area (Å²) < 4.78 is 16.1. The lowest BCUT2D eigenvalue weighted by Gasteiger charge is -2.11. The summed E-state index contributed by atoms with van der Waals surface area (Å²) in [6.45, 7) is 3.07. The molecule has 0 aromatic heterocycles. The van der Waals surface area contributed by atoms with Crippen molar-refractivity contribution < 1.29 is 23.8 Å². The molecule has 1 amide bonds. The number of hydrogen-bond acceptors (Lipinski definition) is 6. The first-order valence-corrected chi connectivity index (χ1v) is 9.54. The van der Waals surface area contributed by atoms with Crippen molar-refractivity contribution in [3.63, 3.8) is 0 Å². The van der Waals surface area contributed by atoms with Gasteiger partial charge in [-0.1, -0.05) is 23.4 Å². The second kappa shape index (κ2) is 9.82. The number of ether oxygens (including phenoxy) is 3. The molecule has 0 saturated carbocycles. The average molecular weight is 398 g/mol. The Morgan fingerprint density at radius 2 is 2.03 bits per heavy atom. The van der Waals surface area contributed by atoms with Crippen LogP contribution in [0.25, 0.3) is 0 Å². The van der Waals surface area contributed by atoms with Gasteiger partial charge in [0.2, 0.25) is 0 Å². The molecule has 1 N–H and O–H groups in total. The summed E-state index contributed by atoms with van der Waals surface area (Å²) in [6.07, 6.45) is 2.47. The fraction of sp³-hybridized carbons (Fsp3) is 0.364. The normalized spacial score (nSPS) is 13.5. The number of oxime groups is 1. The predicted octanol–water partition coefficient (Wildman–Crippen LogP) is 3.06. The smallest absolute Gasteiger partial charge is 0.265 e. The summed E-state index contributed by atoms with van der Waals surface area (Å²) in [5.74, 6) is 1.93. The van der Waals surface area contributed by atoms with Crippen molar-refractivity contribution in [3.05, 3.63) is 53.1 Å². The summed E-state index contributed by atoms with van der Waals surface area (Å²) >= 11 is 0. The molecule has 2 aromatic carbocycles. The van der Waals surface area contributed by atoms with E-state index in [2.05, 4.69) is 10.5 Å². The molecule has 0 radical (unpaired) electrons. The van der Waals surface area contributed by atoms with Crippen LogP contribution in [0.2, 0.25) is 0 Å². The molecule has 0 aliphatic carbocycles. The monoisotopic (exact) mass is 398 g/mol. The second-order valence-electron chi connectivity index (χ2n) is 6.68. The minimum atomic E-state index is -0.310. The van der Waals surface area contributed by atoms with Gasteiger partial charge in [0.15, 0.2) is 11.5 Å². The third-order valence-corrected chi connectivity index (χ3v) is 4.74. The quantitative estimate of drug-likeness (QED) is 0.519. The van der Waals surface area contributed by atoms with Crippen molar-refractivity contribution in [1.82, 2.24) is 5.32 Å². The van der Waals surface area contributed by atoms with Crippen LogP contribution >= 0.6 is 0 Å². The molecule has 0 saturated heterocycles. The van der Waals surface area contributed by atoms with E-state index >= 15 is 0 Å². The Labute approximate surface area is 170 Å². The van der Waals surface area contributed by atoms with Crippen LogP contribution in [0.4, 0.5) is 0 Å². The highest BCUT2D eigenvalue weighted by molar-refractivity contribution is 6.26. The Bertz CT molecular complexity index is 882. The number of fused-ring (bicyclic) bond motifs is 1. The molecular weight excluding hydrogens is 372 g/mol. The zero-order chi connectivity index (χ0) is 20.6. The summed E-state index contributed by atoms with van der Waals surface area (Å²) in [5, 5.41) is 6.59. The van der Waals surface area contributed by atoms with Crippen molar-refractivity contribution in [3.8, 4) is 17.2 Å². The highest BCUT2D eigenvalue weighted by Gasteiger charge is 2.15. The number of hydrogen-bond donors (Lipinski definition) is 1. The van der Waals surface area contributed by atoms with Crippen molar-refractivity contribution in [1.29, 1.82) is 0 Å². The molecule has 0 bridgehead atoms. The van der Waals surface area contributed by atoms with E-state index in [1.807, 2.05) is 43.3 Å². The van der Waals surface area contributed by atoms with E-state index in [0.29, 0.717) is 24.5 Å². The van der Waals surface area contributed by atoms with Gasteiger partial charge < -0.3 is 24.4 Å². The van der Waals surface area contributed by atoms with Crippen LogP contribution in [0, 0.1) is 0 Å². The fourth-order valence-electron chi connectivity index (χ4n) is 3.08. The van der Waals surface area contributed by atoms with Crippen LogP contribution in [0.15, 0.2) is 41.6 Å². The molecular formula is C22H26N2O5. The van der Waals surface area contributed by atoms with Gasteiger partial charge >= 0.3 is 0 Å². The lowest BCUT2D eigenvalue weighted by molar-refractivity contribution is -0.114. The fourth-order valence-corrected chi connectivity index (χ4v) is 3.08. The SMILES string of the molecule is COc1ccc(CCNC(=O)C=NOC(C)c2ccc3c(c2)OCC3)cc1OC. The zero-order valence-corrected chi connectivity index (χ0v) is 16.9. The molecule has 0 fully saturated rings. The molecule has 7 heteroatoms. The second-order valence-corrected chi connectivity index (χ2v) is 6.68. The van der Waals surface area contributed by atoms with Gasteiger partial charge in [0, 0.05) is 13.0 Å². The zero-order valence-electron chi connectivity index (χ0n) is 16.9. The topological polar surface area (TPSA) is 78.4 Å². The molecule has 7 nitrogen and oxygen atoms in total. The lowest BCUT2D eigenvalue weighted by atomic mass is 10.1. The summed E-state index contributed by atoms with van der Waals surface area (Å²) in [5.41, 5.74) is 3.19. The summed E-state index contributed by atoms with van der Waals surface area (Å²) in [4.78, 5) is 17.3. The average Bonchev–Trinajstić information content (AvgIpc) is 3.21. The van der Waals surface area contributed by atoms with Gasteiger partial charge in [-0.05, 0) is 48.2 Å². The first-order chi connectivity index (χ1) is 14.1. The van der Waals surface area contributed by atoms with E-state index in [9.17, 15) is 4.79 Å². The highest BCUT2D eigenvalue weighted by atomic mass is 16.6. The van der Waals surface area contributed by atoms with E-state index in [1.165, 1.54) is 5.56 Å². The Balaban J connectivity index is 1.43. The number of nitrogens with zero attached hydrogens (tertiary/aromatic N) is 1. The Hall–Kier alpha value is -3.22. The number of amides is 1. The minimum Gasteiger partial charge on any atom is -0.493 e. The first-order valence-electron chi connectivity index (χ1n) is 9.54. The number of benzene rings is 2. The van der Waals surface area contributed by atoms with Crippen molar-refractivity contribution >= 4 is 12.1 Å². The standard InChI is InChI=1S/C22H26N2O5/c1-15(18-6-5-17-9-11-28-20(17)13-18)29-24-14-22(25)23-10-8-16-4-7-19(26-2)21(12-16)27-3/h4-7,12-15H,8-11H2,1-3H3,(H,23,25). The van der Waals surface area contributed by atoms with Crippen molar-refractivity contribution in [2.24, 2.45) is 5.16 Å². The van der Waals surface area contributed by atoms with Gasteiger partial charge in [0.05, 0.1) is 20.8 Å². The van der Waals surface area contributed by atoms with Crippen LogP contribution in [0.3, 0.4) is 0 Å². The van der Waals surface area contributed by atoms with E-state index < -0.39 is 0 Å². The summed E-state index contributed by atoms with van der Waals surface area (Å²) in [7, 11) is 3.19. The maximum absolute atomic E-state index is 11.9. The Kier molecular flexibility index (Phi) is 6.94. The molecule has 0 spiro atoms. The van der Waals surface area contributed by atoms with Crippen LogP contribution in [-0.4, -0.2) is 39.5 Å². The maximum Gasteiger partial charge on any atom is 0.265 e. The van der Waals surface area contributed by atoms with Crippen molar-refractivity contribution in [2.45, 2.75) is 25.9 Å². The van der Waals surface area contributed by atoms with Gasteiger partial charge in [0.1, 0.15) is 18.1 Å². The van der Waals surface area contributed by atoms with Crippen molar-refractivity contribution in [2.75, 3.05) is 27.4 Å². The largest absolute Gasteiger partial charge is 0.493 e. The van der Waals surface area contributed by atoms with E-state index in [0.717, 1.165) is 36.1 Å². The van der Waals surface area contributed by atoms with Gasteiger partial charge in [0.25, 0.3) is 5.91 Å². The number of carbonyl (C=O) groups is 1. The summed E-state index contributed by atoms with van der Waals surface area (Å²) in [6, 6.07) is 11.7. The van der Waals surface area contributed by atoms with E-state index in [4.69, 9.17) is 19.0 Å². The van der Waals surface area contributed by atoms with Crippen LogP contribution < -0.4 is 19.5 Å². The minimum absolute atomic E-state index is 0.277. The molecule has 2 aromatic rings. The van der Waals surface area contributed by atoms with E-state index in [-0.39, 0.29) is 12.0 Å². The van der Waals surface area contributed by atoms with Gasteiger partial charge in [-0.25, -0.2) is 0 Å². The molecule has 3 rings (SSSR count). The van der Waals surface area contributed by atoms with Gasteiger partial charge in [-0.15, -0.1) is 0 Å². The third kappa shape index (κ3) is 5.40. The molecule has 1 aliphatic rings.